The zero-order valence-corrected chi connectivity index (χ0v) is 11.2. The fourth-order valence-corrected chi connectivity index (χ4v) is 2.09. The molecule has 0 N–H and O–H groups in total. The first-order valence-electron chi connectivity index (χ1n) is 6.54. The lowest BCUT2D eigenvalue weighted by atomic mass is 10.0. The van der Waals surface area contributed by atoms with Gasteiger partial charge in [-0.1, -0.05) is 60.7 Å². The van der Waals surface area contributed by atoms with E-state index in [0.29, 0.717) is 0 Å². The molecule has 1 aliphatic rings. The van der Waals surface area contributed by atoms with Gasteiger partial charge in [0.2, 0.25) is 0 Å². The van der Waals surface area contributed by atoms with Crippen LogP contribution in [0.5, 0.6) is 0 Å². The Morgan fingerprint density at radius 3 is 2.05 bits per heavy atom. The van der Waals surface area contributed by atoms with Crippen LogP contribution in [0.15, 0.2) is 72.3 Å². The van der Waals surface area contributed by atoms with E-state index >= 15 is 0 Å². The number of rotatable bonds is 3. The minimum Gasteiger partial charge on any atom is -0.386 e. The van der Waals surface area contributed by atoms with Crippen molar-refractivity contribution in [1.82, 2.24) is 0 Å². The number of esters is 2. The normalized spacial score (nSPS) is 14.4. The molecule has 3 heteroatoms. The van der Waals surface area contributed by atoms with Crippen LogP contribution in [0.4, 0.5) is 0 Å². The smallest absolute Gasteiger partial charge is 0.346 e. The molecule has 0 fully saturated rings. The third-order valence-electron chi connectivity index (χ3n) is 3.18. The minimum atomic E-state index is -0.612. The molecule has 102 valence electrons. The highest BCUT2D eigenvalue weighted by Gasteiger charge is 2.20. The maximum atomic E-state index is 11.3. The Hall–Kier alpha value is -2.94. The highest BCUT2D eigenvalue weighted by atomic mass is 16.6. The SMILES string of the molecule is O=C1C=C(/C=C/c2ccc(-c3ccccc3)cc2)C(=O)O1. The minimum absolute atomic E-state index is 0.270. The number of hydrogen-bond acceptors (Lipinski definition) is 3. The summed E-state index contributed by atoms with van der Waals surface area (Å²) in [5, 5.41) is 0. The second-order valence-corrected chi connectivity index (χ2v) is 4.63. The lowest BCUT2D eigenvalue weighted by molar-refractivity contribution is -0.150. The summed E-state index contributed by atoms with van der Waals surface area (Å²) in [7, 11) is 0. The average Bonchev–Trinajstić information content (AvgIpc) is 2.84. The molecule has 0 spiro atoms. The van der Waals surface area contributed by atoms with Crippen LogP contribution in [0, 0.1) is 0 Å². The third kappa shape index (κ3) is 2.98. The Morgan fingerprint density at radius 1 is 0.762 bits per heavy atom. The molecular formula is C18H12O3. The van der Waals surface area contributed by atoms with Gasteiger partial charge in [-0.15, -0.1) is 0 Å². The summed E-state index contributed by atoms with van der Waals surface area (Å²) in [6.07, 6.45) is 4.56. The zero-order chi connectivity index (χ0) is 14.7. The number of ether oxygens (including phenoxy) is 1. The summed E-state index contributed by atoms with van der Waals surface area (Å²) in [5.41, 5.74) is 3.50. The van der Waals surface area contributed by atoms with Gasteiger partial charge in [-0.05, 0) is 22.8 Å². The van der Waals surface area contributed by atoms with E-state index in [9.17, 15) is 9.59 Å². The predicted octanol–water partition coefficient (Wildman–Crippen LogP) is 3.38. The van der Waals surface area contributed by atoms with Gasteiger partial charge in [0.1, 0.15) is 0 Å². The Balaban J connectivity index is 1.78. The molecule has 2 aromatic carbocycles. The van der Waals surface area contributed by atoms with Crippen molar-refractivity contribution in [2.24, 2.45) is 0 Å². The van der Waals surface area contributed by atoms with Crippen LogP contribution in [-0.2, 0) is 14.3 Å². The lowest BCUT2D eigenvalue weighted by Gasteiger charge is -2.01. The van der Waals surface area contributed by atoms with Gasteiger partial charge in [0.15, 0.2) is 0 Å². The molecule has 3 nitrogen and oxygen atoms in total. The molecule has 0 radical (unpaired) electrons. The van der Waals surface area contributed by atoms with E-state index in [1.165, 1.54) is 6.08 Å². The van der Waals surface area contributed by atoms with E-state index in [1.807, 2.05) is 42.5 Å². The number of carbonyl (C=O) groups is 2. The first-order chi connectivity index (χ1) is 10.2. The van der Waals surface area contributed by atoms with Gasteiger partial charge >= 0.3 is 11.9 Å². The largest absolute Gasteiger partial charge is 0.386 e. The first kappa shape index (κ1) is 13.1. The summed E-state index contributed by atoms with van der Waals surface area (Å²) in [6, 6.07) is 18.0. The van der Waals surface area contributed by atoms with Crippen LogP contribution in [0.3, 0.4) is 0 Å². The van der Waals surface area contributed by atoms with Gasteiger partial charge in [-0.3, -0.25) is 0 Å². The van der Waals surface area contributed by atoms with E-state index in [0.717, 1.165) is 16.7 Å². The Bertz CT molecular complexity index is 738. The Kier molecular flexibility index (Phi) is 3.48. The Labute approximate surface area is 122 Å². The number of hydrogen-bond donors (Lipinski definition) is 0. The molecule has 0 aromatic heterocycles. The second-order valence-electron chi connectivity index (χ2n) is 4.63. The van der Waals surface area contributed by atoms with Crippen molar-refractivity contribution in [3.8, 4) is 11.1 Å². The van der Waals surface area contributed by atoms with Crippen LogP contribution in [0.25, 0.3) is 17.2 Å². The van der Waals surface area contributed by atoms with Crippen molar-refractivity contribution in [2.45, 2.75) is 0 Å². The topological polar surface area (TPSA) is 43.4 Å². The van der Waals surface area contributed by atoms with Gasteiger partial charge in [-0.2, -0.15) is 0 Å². The van der Waals surface area contributed by atoms with Crippen molar-refractivity contribution in [3.05, 3.63) is 77.9 Å². The number of cyclic esters (lactones) is 2. The van der Waals surface area contributed by atoms with Crippen molar-refractivity contribution in [1.29, 1.82) is 0 Å². The van der Waals surface area contributed by atoms with E-state index in [1.54, 1.807) is 12.2 Å². The molecule has 2 aromatic rings. The molecular weight excluding hydrogens is 264 g/mol. The van der Waals surface area contributed by atoms with Gasteiger partial charge in [0.05, 0.1) is 5.57 Å². The zero-order valence-electron chi connectivity index (χ0n) is 11.2. The van der Waals surface area contributed by atoms with Gasteiger partial charge < -0.3 is 4.74 Å². The predicted molar refractivity (Wildman–Crippen MR) is 80.1 cm³/mol. The highest BCUT2D eigenvalue weighted by Crippen LogP contribution is 2.20. The van der Waals surface area contributed by atoms with Gasteiger partial charge in [0, 0.05) is 6.08 Å². The summed E-state index contributed by atoms with van der Waals surface area (Å²) < 4.78 is 4.42. The number of carbonyl (C=O) groups excluding carboxylic acids is 2. The maximum Gasteiger partial charge on any atom is 0.346 e. The monoisotopic (exact) mass is 276 g/mol. The van der Waals surface area contributed by atoms with Crippen molar-refractivity contribution >= 4 is 18.0 Å². The fraction of sp³-hybridized carbons (Fsp3) is 0. The molecule has 0 unspecified atom stereocenters. The molecule has 0 aliphatic carbocycles. The fourth-order valence-electron chi connectivity index (χ4n) is 2.09. The average molecular weight is 276 g/mol. The van der Waals surface area contributed by atoms with Crippen molar-refractivity contribution in [2.75, 3.05) is 0 Å². The van der Waals surface area contributed by atoms with E-state index in [4.69, 9.17) is 0 Å². The highest BCUT2D eigenvalue weighted by molar-refractivity contribution is 6.11. The summed E-state index contributed by atoms with van der Waals surface area (Å²) in [5.74, 6) is -1.21. The maximum absolute atomic E-state index is 11.3. The van der Waals surface area contributed by atoms with Crippen molar-refractivity contribution in [3.63, 3.8) is 0 Å². The van der Waals surface area contributed by atoms with Crippen LogP contribution >= 0.6 is 0 Å². The van der Waals surface area contributed by atoms with Gasteiger partial charge in [0.25, 0.3) is 0 Å². The standard InChI is InChI=1S/C18H12O3/c19-17-12-16(18(20)21-17)11-8-13-6-9-15(10-7-13)14-4-2-1-3-5-14/h1-12H/b11-8+. The summed E-state index contributed by atoms with van der Waals surface area (Å²) in [6.45, 7) is 0. The summed E-state index contributed by atoms with van der Waals surface area (Å²) in [4.78, 5) is 22.2. The van der Waals surface area contributed by atoms with Crippen LogP contribution in [0.1, 0.15) is 5.56 Å². The molecule has 3 rings (SSSR count). The molecule has 0 amide bonds. The van der Waals surface area contributed by atoms with E-state index in [2.05, 4.69) is 16.9 Å². The van der Waals surface area contributed by atoms with Crippen LogP contribution in [-0.4, -0.2) is 11.9 Å². The summed E-state index contributed by atoms with van der Waals surface area (Å²) >= 11 is 0. The quantitative estimate of drug-likeness (QED) is 0.637. The lowest BCUT2D eigenvalue weighted by Crippen LogP contribution is -2.00. The molecule has 1 heterocycles. The van der Waals surface area contributed by atoms with Crippen molar-refractivity contribution < 1.29 is 14.3 Å². The Morgan fingerprint density at radius 2 is 1.43 bits per heavy atom. The first-order valence-corrected chi connectivity index (χ1v) is 6.54. The van der Waals surface area contributed by atoms with Crippen LogP contribution in [0.2, 0.25) is 0 Å². The van der Waals surface area contributed by atoms with Gasteiger partial charge in [-0.25, -0.2) is 9.59 Å². The van der Waals surface area contributed by atoms with Crippen LogP contribution < -0.4 is 0 Å². The molecule has 21 heavy (non-hydrogen) atoms. The third-order valence-corrected chi connectivity index (χ3v) is 3.18. The second kappa shape index (κ2) is 5.59. The van der Waals surface area contributed by atoms with E-state index in [-0.39, 0.29) is 5.57 Å². The molecule has 0 saturated carbocycles. The molecule has 1 aliphatic heterocycles. The molecule has 0 saturated heterocycles. The number of benzene rings is 2. The molecule has 0 atom stereocenters. The molecule has 0 bridgehead atoms. The van der Waals surface area contributed by atoms with E-state index < -0.39 is 11.9 Å².